The molecule has 2 N–H and O–H groups in total. The summed E-state index contributed by atoms with van der Waals surface area (Å²) in [5, 5.41) is 13.1. The Morgan fingerprint density at radius 3 is 2.30 bits per heavy atom. The highest BCUT2D eigenvalue weighted by Crippen LogP contribution is 2.17. The van der Waals surface area contributed by atoms with Gasteiger partial charge in [0.25, 0.3) is 0 Å². The molecule has 0 aliphatic carbocycles. The molecule has 1 aromatic carbocycles. The van der Waals surface area contributed by atoms with Crippen LogP contribution >= 0.6 is 0 Å². The lowest BCUT2D eigenvalue weighted by molar-refractivity contribution is 0.0813. The highest BCUT2D eigenvalue weighted by molar-refractivity contribution is 5.31. The average molecular weight is 283 g/mol. The van der Waals surface area contributed by atoms with E-state index in [1.165, 1.54) is 0 Å². The van der Waals surface area contributed by atoms with E-state index < -0.39 is 6.10 Å². The van der Waals surface area contributed by atoms with Crippen LogP contribution in [-0.4, -0.2) is 50.7 Å². The van der Waals surface area contributed by atoms with Gasteiger partial charge in [-0.05, 0) is 38.1 Å². The number of ether oxygens (including phenoxy) is 3. The predicted molar refractivity (Wildman–Crippen MR) is 78.5 cm³/mol. The Morgan fingerprint density at radius 1 is 1.15 bits per heavy atom. The Hall–Kier alpha value is -1.30. The lowest BCUT2D eigenvalue weighted by atomic mass is 10.1. The summed E-state index contributed by atoms with van der Waals surface area (Å²) in [6.45, 7) is 5.31. The molecule has 1 unspecified atom stereocenters. The molecule has 1 aromatic rings. The molecular weight excluding hydrogens is 258 g/mol. The lowest BCUT2D eigenvalue weighted by Crippen LogP contribution is -2.47. The van der Waals surface area contributed by atoms with Crippen LogP contribution in [0.4, 0.5) is 0 Å². The maximum Gasteiger partial charge on any atom is 0.119 e. The third kappa shape index (κ3) is 6.23. The van der Waals surface area contributed by atoms with Crippen LogP contribution in [0, 0.1) is 0 Å². The molecule has 1 rings (SSSR count). The van der Waals surface area contributed by atoms with Crippen molar-refractivity contribution in [2.75, 3.05) is 34.0 Å². The number of hydrogen-bond donors (Lipinski definition) is 2. The fourth-order valence-electron chi connectivity index (χ4n) is 1.73. The van der Waals surface area contributed by atoms with Gasteiger partial charge in [-0.2, -0.15) is 0 Å². The number of β-amino-alcohol motifs (C(OH)–C–C–N with tert-alkyl or cyclic N) is 1. The monoisotopic (exact) mass is 283 g/mol. The van der Waals surface area contributed by atoms with E-state index in [2.05, 4.69) is 5.32 Å². The van der Waals surface area contributed by atoms with Gasteiger partial charge in [0.15, 0.2) is 0 Å². The first-order valence-corrected chi connectivity index (χ1v) is 6.66. The maximum absolute atomic E-state index is 9.89. The van der Waals surface area contributed by atoms with E-state index in [9.17, 15) is 5.11 Å². The van der Waals surface area contributed by atoms with Crippen molar-refractivity contribution in [3.63, 3.8) is 0 Å². The molecule has 5 nitrogen and oxygen atoms in total. The first-order valence-electron chi connectivity index (χ1n) is 6.66. The largest absolute Gasteiger partial charge is 0.497 e. The van der Waals surface area contributed by atoms with Crippen molar-refractivity contribution in [1.82, 2.24) is 5.32 Å². The second kappa shape index (κ2) is 8.09. The Bertz CT molecular complexity index is 378. The molecular formula is C15H25NO4. The van der Waals surface area contributed by atoms with Crippen LogP contribution in [0.1, 0.15) is 13.8 Å². The fraction of sp³-hybridized carbons (Fsp3) is 0.600. The zero-order valence-corrected chi connectivity index (χ0v) is 12.7. The molecule has 0 aliphatic heterocycles. The van der Waals surface area contributed by atoms with E-state index in [1.807, 2.05) is 38.1 Å². The van der Waals surface area contributed by atoms with Crippen LogP contribution in [0.5, 0.6) is 11.5 Å². The number of rotatable bonds is 9. The van der Waals surface area contributed by atoms with Gasteiger partial charge < -0.3 is 24.6 Å². The topological polar surface area (TPSA) is 60.0 Å². The third-order valence-electron chi connectivity index (χ3n) is 2.82. The van der Waals surface area contributed by atoms with Crippen LogP contribution < -0.4 is 14.8 Å². The van der Waals surface area contributed by atoms with Crippen molar-refractivity contribution >= 4 is 0 Å². The third-order valence-corrected chi connectivity index (χ3v) is 2.82. The van der Waals surface area contributed by atoms with Gasteiger partial charge in [-0.15, -0.1) is 0 Å². The molecule has 0 radical (unpaired) electrons. The molecule has 0 spiro atoms. The number of benzene rings is 1. The van der Waals surface area contributed by atoms with Crippen molar-refractivity contribution in [2.24, 2.45) is 0 Å². The van der Waals surface area contributed by atoms with E-state index in [1.54, 1.807) is 14.2 Å². The van der Waals surface area contributed by atoms with Crippen molar-refractivity contribution in [3.8, 4) is 11.5 Å². The second-order valence-corrected chi connectivity index (χ2v) is 5.34. The summed E-state index contributed by atoms with van der Waals surface area (Å²) in [4.78, 5) is 0. The molecule has 0 heterocycles. The SMILES string of the molecule is COCC(C)(C)NCC(O)COc1ccc(OC)cc1. The summed E-state index contributed by atoms with van der Waals surface area (Å²) in [6, 6.07) is 7.27. The van der Waals surface area contributed by atoms with E-state index in [0.717, 1.165) is 5.75 Å². The van der Waals surface area contributed by atoms with Gasteiger partial charge in [0.1, 0.15) is 24.2 Å². The van der Waals surface area contributed by atoms with E-state index >= 15 is 0 Å². The Balaban J connectivity index is 2.30. The smallest absolute Gasteiger partial charge is 0.119 e. The Kier molecular flexibility index (Phi) is 6.78. The van der Waals surface area contributed by atoms with Crippen LogP contribution in [0.3, 0.4) is 0 Å². The molecule has 0 bridgehead atoms. The number of methoxy groups -OCH3 is 2. The van der Waals surface area contributed by atoms with Crippen LogP contribution in [0.15, 0.2) is 24.3 Å². The molecule has 0 aliphatic rings. The highest BCUT2D eigenvalue weighted by Gasteiger charge is 2.18. The van der Waals surface area contributed by atoms with Crippen LogP contribution in [-0.2, 0) is 4.74 Å². The Morgan fingerprint density at radius 2 is 1.75 bits per heavy atom. The fourth-order valence-corrected chi connectivity index (χ4v) is 1.73. The minimum atomic E-state index is -0.576. The molecule has 20 heavy (non-hydrogen) atoms. The van der Waals surface area contributed by atoms with Crippen molar-refractivity contribution in [2.45, 2.75) is 25.5 Å². The molecule has 0 saturated carbocycles. The molecule has 0 fully saturated rings. The average Bonchev–Trinajstić information content (AvgIpc) is 2.43. The van der Waals surface area contributed by atoms with E-state index in [0.29, 0.717) is 18.9 Å². The van der Waals surface area contributed by atoms with Crippen molar-refractivity contribution in [3.05, 3.63) is 24.3 Å². The molecule has 114 valence electrons. The van der Waals surface area contributed by atoms with Gasteiger partial charge in [0.2, 0.25) is 0 Å². The summed E-state index contributed by atoms with van der Waals surface area (Å²) in [7, 11) is 3.28. The van der Waals surface area contributed by atoms with Gasteiger partial charge in [-0.25, -0.2) is 0 Å². The summed E-state index contributed by atoms with van der Waals surface area (Å²) in [5.41, 5.74) is -0.171. The van der Waals surface area contributed by atoms with E-state index in [4.69, 9.17) is 14.2 Å². The summed E-state index contributed by atoms with van der Waals surface area (Å²) < 4.78 is 15.7. The second-order valence-electron chi connectivity index (χ2n) is 5.34. The quantitative estimate of drug-likeness (QED) is 0.718. The normalized spacial score (nSPS) is 13.1. The van der Waals surface area contributed by atoms with E-state index in [-0.39, 0.29) is 12.1 Å². The number of hydrogen-bond acceptors (Lipinski definition) is 5. The molecule has 1 atom stereocenters. The first kappa shape index (κ1) is 16.8. The standard InChI is InChI=1S/C15H25NO4/c1-15(2,11-18-3)16-9-12(17)10-20-14-7-5-13(19-4)6-8-14/h5-8,12,16-17H,9-11H2,1-4H3. The number of aliphatic hydroxyl groups excluding tert-OH is 1. The minimum absolute atomic E-state index is 0.171. The molecule has 0 aromatic heterocycles. The van der Waals surface area contributed by atoms with Crippen molar-refractivity contribution < 1.29 is 19.3 Å². The molecule has 0 amide bonds. The number of aliphatic hydroxyl groups is 1. The summed E-state index contributed by atoms with van der Waals surface area (Å²) in [5.74, 6) is 1.49. The zero-order chi connectivity index (χ0) is 15.0. The maximum atomic E-state index is 9.89. The van der Waals surface area contributed by atoms with Crippen LogP contribution in [0.2, 0.25) is 0 Å². The van der Waals surface area contributed by atoms with Gasteiger partial charge in [0.05, 0.1) is 13.7 Å². The Labute approximate surface area is 120 Å². The summed E-state index contributed by atoms with van der Waals surface area (Å²) >= 11 is 0. The minimum Gasteiger partial charge on any atom is -0.497 e. The zero-order valence-electron chi connectivity index (χ0n) is 12.7. The van der Waals surface area contributed by atoms with Crippen LogP contribution in [0.25, 0.3) is 0 Å². The molecule has 5 heteroatoms. The highest BCUT2D eigenvalue weighted by atomic mass is 16.5. The van der Waals surface area contributed by atoms with Gasteiger partial charge >= 0.3 is 0 Å². The lowest BCUT2D eigenvalue weighted by Gasteiger charge is -2.26. The van der Waals surface area contributed by atoms with Crippen molar-refractivity contribution in [1.29, 1.82) is 0 Å². The van der Waals surface area contributed by atoms with Gasteiger partial charge in [-0.1, -0.05) is 0 Å². The number of nitrogens with one attached hydrogen (secondary N) is 1. The first-order chi connectivity index (χ1) is 9.46. The van der Waals surface area contributed by atoms with Gasteiger partial charge in [-0.3, -0.25) is 0 Å². The van der Waals surface area contributed by atoms with Gasteiger partial charge in [0, 0.05) is 19.2 Å². The molecule has 0 saturated heterocycles. The summed E-state index contributed by atoms with van der Waals surface area (Å²) in [6.07, 6.45) is -0.576. The predicted octanol–water partition coefficient (Wildman–Crippen LogP) is 1.45.